The van der Waals surface area contributed by atoms with Crippen molar-refractivity contribution in [3.63, 3.8) is 0 Å². The molecule has 0 heterocycles. The van der Waals surface area contributed by atoms with Gasteiger partial charge in [-0.2, -0.15) is 5.10 Å². The zero-order chi connectivity index (χ0) is 11.3. The van der Waals surface area contributed by atoms with Crippen LogP contribution in [-0.4, -0.2) is 18.4 Å². The topological polar surface area (TPSA) is 58.5 Å². The van der Waals surface area contributed by atoms with E-state index in [1.165, 1.54) is 0 Å². The van der Waals surface area contributed by atoms with Gasteiger partial charge >= 0.3 is 5.91 Å². The van der Waals surface area contributed by atoms with Crippen LogP contribution < -0.4 is 5.43 Å². The van der Waals surface area contributed by atoms with Gasteiger partial charge in [0.25, 0.3) is 5.78 Å². The van der Waals surface area contributed by atoms with Gasteiger partial charge in [0.2, 0.25) is 0 Å². The fourth-order valence-corrected chi connectivity index (χ4v) is 1.06. The highest BCUT2D eigenvalue weighted by Gasteiger charge is 2.14. The van der Waals surface area contributed by atoms with E-state index < -0.39 is 11.7 Å². The first-order chi connectivity index (χ1) is 7.19. The highest BCUT2D eigenvalue weighted by atomic mass is 16.2. The predicted molar refractivity (Wildman–Crippen MR) is 58.6 cm³/mol. The van der Waals surface area contributed by atoms with Crippen molar-refractivity contribution in [2.45, 2.75) is 0 Å². The third-order valence-corrected chi connectivity index (χ3v) is 1.77. The second-order valence-corrected chi connectivity index (χ2v) is 2.76. The van der Waals surface area contributed by atoms with E-state index >= 15 is 0 Å². The fourth-order valence-electron chi connectivity index (χ4n) is 1.06. The van der Waals surface area contributed by atoms with Crippen LogP contribution in [-0.2, 0) is 4.79 Å². The summed E-state index contributed by atoms with van der Waals surface area (Å²) >= 11 is 0. The number of nitrogens with one attached hydrogen (secondary N) is 1. The van der Waals surface area contributed by atoms with Gasteiger partial charge in [-0.1, -0.05) is 30.9 Å². The van der Waals surface area contributed by atoms with Crippen LogP contribution in [0.4, 0.5) is 0 Å². The van der Waals surface area contributed by atoms with Gasteiger partial charge in [0.05, 0.1) is 0 Å². The average molecular weight is 202 g/mol. The number of nitrogens with zero attached hydrogens (tertiary/aromatic N) is 1. The number of hydrazone groups is 1. The van der Waals surface area contributed by atoms with Gasteiger partial charge in [-0.25, -0.2) is 5.43 Å². The van der Waals surface area contributed by atoms with Crippen LogP contribution >= 0.6 is 0 Å². The fraction of sp³-hybridized carbons (Fsp3) is 0. The molecule has 0 bridgehead atoms. The van der Waals surface area contributed by atoms with Crippen LogP contribution in [0.3, 0.4) is 0 Å². The van der Waals surface area contributed by atoms with Crippen molar-refractivity contribution < 1.29 is 9.59 Å². The molecular weight excluding hydrogens is 192 g/mol. The Morgan fingerprint density at radius 2 is 2.13 bits per heavy atom. The monoisotopic (exact) mass is 202 g/mol. The smallest absolute Gasteiger partial charge is 0.283 e. The Kier molecular flexibility index (Phi) is 3.51. The molecule has 0 saturated heterocycles. The molecule has 1 amide bonds. The summed E-state index contributed by atoms with van der Waals surface area (Å²) in [5.41, 5.74) is 3.06. The lowest BCUT2D eigenvalue weighted by atomic mass is 10.1. The first-order valence-electron chi connectivity index (χ1n) is 4.22. The molecule has 0 unspecified atom stereocenters. The van der Waals surface area contributed by atoms with Crippen LogP contribution in [0.15, 0.2) is 35.9 Å². The lowest BCUT2D eigenvalue weighted by Gasteiger charge is -2.00. The maximum atomic E-state index is 11.5. The van der Waals surface area contributed by atoms with E-state index in [2.05, 4.69) is 18.4 Å². The summed E-state index contributed by atoms with van der Waals surface area (Å²) < 4.78 is 0. The van der Waals surface area contributed by atoms with E-state index in [1.54, 1.807) is 30.3 Å². The number of Topliss-reactive ketones (excluding diaryl/α,β-unsaturated/α-hetero) is 1. The van der Waals surface area contributed by atoms with Gasteiger partial charge < -0.3 is 0 Å². The Morgan fingerprint density at radius 1 is 1.40 bits per heavy atom. The van der Waals surface area contributed by atoms with Crippen LogP contribution in [0.5, 0.6) is 0 Å². The van der Waals surface area contributed by atoms with Gasteiger partial charge in [0.15, 0.2) is 0 Å². The van der Waals surface area contributed by atoms with Crippen molar-refractivity contribution in [2.75, 3.05) is 0 Å². The molecule has 0 radical (unpaired) electrons. The average Bonchev–Trinajstić information content (AvgIpc) is 2.28. The molecule has 0 atom stereocenters. The number of carbonyl (C=O) groups is 2. The highest BCUT2D eigenvalue weighted by Crippen LogP contribution is 2.07. The van der Waals surface area contributed by atoms with E-state index in [9.17, 15) is 9.59 Å². The van der Waals surface area contributed by atoms with Crippen molar-refractivity contribution in [3.8, 4) is 0 Å². The molecule has 0 aliphatic rings. The molecule has 4 nitrogen and oxygen atoms in total. The van der Waals surface area contributed by atoms with Crippen LogP contribution in [0, 0.1) is 0 Å². The largest absolute Gasteiger partial charge is 0.312 e. The molecule has 1 N–H and O–H groups in total. The van der Waals surface area contributed by atoms with E-state index in [1.807, 2.05) is 5.43 Å². The van der Waals surface area contributed by atoms with Crippen molar-refractivity contribution in [3.05, 3.63) is 42.0 Å². The third kappa shape index (κ3) is 2.60. The van der Waals surface area contributed by atoms with Crippen LogP contribution in [0.1, 0.15) is 15.9 Å². The minimum Gasteiger partial charge on any atom is -0.283 e. The van der Waals surface area contributed by atoms with Gasteiger partial charge in [0, 0.05) is 12.3 Å². The number of ketones is 1. The van der Waals surface area contributed by atoms with E-state index in [0.717, 1.165) is 5.56 Å². The maximum Gasteiger partial charge on any atom is 0.312 e. The summed E-state index contributed by atoms with van der Waals surface area (Å²) in [6.07, 6.45) is 1.60. The Balaban J connectivity index is 2.95. The Bertz CT molecular complexity index is 424. The highest BCUT2D eigenvalue weighted by molar-refractivity contribution is 6.42. The Morgan fingerprint density at radius 3 is 2.73 bits per heavy atom. The number of hydrogen-bond acceptors (Lipinski definition) is 3. The molecule has 76 valence electrons. The molecule has 1 aromatic carbocycles. The molecular formula is C11H10N2O2. The number of carbonyl (C=O) groups excluding carboxylic acids is 2. The minimum absolute atomic E-state index is 0.300. The normalized spacial score (nSPS) is 9.07. The lowest BCUT2D eigenvalue weighted by Crippen LogP contribution is -2.26. The standard InChI is InChI=1S/C11H10N2O2/c1-3-8-5-4-6-9(7-8)10(14)11(15)13-12-2/h3-7H,1-2H2,(H,13,15). The summed E-state index contributed by atoms with van der Waals surface area (Å²) in [6.45, 7) is 6.63. The summed E-state index contributed by atoms with van der Waals surface area (Å²) in [6, 6.07) is 6.60. The molecule has 0 fully saturated rings. The number of rotatable bonds is 4. The molecule has 1 aromatic rings. The summed E-state index contributed by atoms with van der Waals surface area (Å²) in [4.78, 5) is 22.6. The van der Waals surface area contributed by atoms with E-state index in [4.69, 9.17) is 0 Å². The van der Waals surface area contributed by atoms with Gasteiger partial charge in [0.1, 0.15) is 0 Å². The van der Waals surface area contributed by atoms with Crippen molar-refractivity contribution >= 4 is 24.5 Å². The number of amides is 1. The van der Waals surface area contributed by atoms with Crippen molar-refractivity contribution in [1.82, 2.24) is 5.43 Å². The summed E-state index contributed by atoms with van der Waals surface area (Å²) in [5.74, 6) is -1.45. The lowest BCUT2D eigenvalue weighted by molar-refractivity contribution is -0.116. The van der Waals surface area contributed by atoms with Crippen molar-refractivity contribution in [1.29, 1.82) is 0 Å². The van der Waals surface area contributed by atoms with E-state index in [0.29, 0.717) is 5.56 Å². The predicted octanol–water partition coefficient (Wildman–Crippen LogP) is 1.24. The molecule has 0 aliphatic carbocycles. The molecule has 4 heteroatoms. The first kappa shape index (κ1) is 10.8. The molecule has 0 aromatic heterocycles. The minimum atomic E-state index is -0.800. The molecule has 0 saturated carbocycles. The Hall–Kier alpha value is -2.23. The number of benzene rings is 1. The Labute approximate surface area is 87.3 Å². The SMILES string of the molecule is C=Cc1cccc(C(=O)C(=O)NN=C)c1. The molecule has 0 aliphatic heterocycles. The molecule has 1 rings (SSSR count). The quantitative estimate of drug-likeness (QED) is 0.345. The summed E-state index contributed by atoms with van der Waals surface area (Å²) in [7, 11) is 0. The molecule has 15 heavy (non-hydrogen) atoms. The molecule has 0 spiro atoms. The van der Waals surface area contributed by atoms with Crippen molar-refractivity contribution in [2.24, 2.45) is 5.10 Å². The summed E-state index contributed by atoms with van der Waals surface area (Å²) in [5, 5.41) is 3.13. The van der Waals surface area contributed by atoms with E-state index in [-0.39, 0.29) is 0 Å². The second-order valence-electron chi connectivity index (χ2n) is 2.76. The van der Waals surface area contributed by atoms with Gasteiger partial charge in [-0.05, 0) is 11.6 Å². The second kappa shape index (κ2) is 4.85. The maximum absolute atomic E-state index is 11.5. The number of hydrogen-bond donors (Lipinski definition) is 1. The van der Waals surface area contributed by atoms with Gasteiger partial charge in [-0.15, -0.1) is 0 Å². The van der Waals surface area contributed by atoms with Gasteiger partial charge in [-0.3, -0.25) is 9.59 Å². The zero-order valence-electron chi connectivity index (χ0n) is 8.06. The van der Waals surface area contributed by atoms with Crippen LogP contribution in [0.2, 0.25) is 0 Å². The zero-order valence-corrected chi connectivity index (χ0v) is 8.06. The first-order valence-corrected chi connectivity index (χ1v) is 4.22. The van der Waals surface area contributed by atoms with Crippen LogP contribution in [0.25, 0.3) is 6.08 Å². The third-order valence-electron chi connectivity index (χ3n) is 1.77.